The normalized spacial score (nSPS) is 24.0. The summed E-state index contributed by atoms with van der Waals surface area (Å²) in [5.41, 5.74) is 5.72. The van der Waals surface area contributed by atoms with Crippen molar-refractivity contribution in [3.63, 3.8) is 0 Å². The van der Waals surface area contributed by atoms with E-state index in [1.165, 1.54) is 30.4 Å². The third-order valence-corrected chi connectivity index (χ3v) is 7.37. The standard InChI is InChI=1S/C26H33NO3/c1-18-6-9-25-22(14-18)23(28)16-26(30-25)10-12-27(13-11-26)17-24(29)21-8-7-19-4-2-3-5-20(19)15-21/h6-9,14-15,23-24,28-29H,2-5,10-13,16-17H2,1H3/t23-,24-/m1/s1. The van der Waals surface area contributed by atoms with E-state index in [4.69, 9.17) is 4.74 Å². The number of hydrogen-bond acceptors (Lipinski definition) is 4. The van der Waals surface area contributed by atoms with E-state index < -0.39 is 12.2 Å². The number of nitrogens with zero attached hydrogens (tertiary/aromatic N) is 1. The largest absolute Gasteiger partial charge is 0.487 e. The van der Waals surface area contributed by atoms with E-state index in [1.54, 1.807) is 0 Å². The minimum Gasteiger partial charge on any atom is -0.487 e. The number of likely N-dealkylation sites (tertiary alicyclic amines) is 1. The summed E-state index contributed by atoms with van der Waals surface area (Å²) >= 11 is 0. The van der Waals surface area contributed by atoms with Gasteiger partial charge in [-0.2, -0.15) is 0 Å². The molecule has 3 aliphatic rings. The number of aryl methyl sites for hydroxylation is 3. The van der Waals surface area contributed by atoms with Crippen LogP contribution in [0.25, 0.3) is 0 Å². The van der Waals surface area contributed by atoms with E-state index in [1.807, 2.05) is 19.1 Å². The quantitative estimate of drug-likeness (QED) is 0.798. The molecule has 0 saturated carbocycles. The number of aliphatic hydroxyl groups excluding tert-OH is 2. The maximum atomic E-state index is 10.9. The first kappa shape index (κ1) is 20.0. The summed E-state index contributed by atoms with van der Waals surface area (Å²) in [6.45, 7) is 4.47. The van der Waals surface area contributed by atoms with Crippen LogP contribution < -0.4 is 4.74 Å². The number of ether oxygens (including phenoxy) is 1. The summed E-state index contributed by atoms with van der Waals surface area (Å²) in [5, 5.41) is 21.6. The Bertz CT molecular complexity index is 916. The van der Waals surface area contributed by atoms with Gasteiger partial charge in [-0.25, -0.2) is 0 Å². The van der Waals surface area contributed by atoms with Crippen LogP contribution in [0, 0.1) is 6.92 Å². The van der Waals surface area contributed by atoms with Crippen LogP contribution in [0.15, 0.2) is 36.4 Å². The minimum atomic E-state index is -0.457. The molecule has 1 spiro atoms. The average molecular weight is 408 g/mol. The minimum absolute atomic E-state index is 0.283. The summed E-state index contributed by atoms with van der Waals surface area (Å²) in [6, 6.07) is 12.6. The van der Waals surface area contributed by atoms with E-state index in [9.17, 15) is 10.2 Å². The second-order valence-corrected chi connectivity index (χ2v) is 9.60. The molecule has 2 heterocycles. The molecule has 4 nitrogen and oxygen atoms in total. The predicted molar refractivity (Wildman–Crippen MR) is 118 cm³/mol. The van der Waals surface area contributed by atoms with Crippen molar-refractivity contribution >= 4 is 0 Å². The van der Waals surface area contributed by atoms with Gasteiger partial charge in [0, 0.05) is 31.6 Å². The fraction of sp³-hybridized carbons (Fsp3) is 0.538. The Morgan fingerprint density at radius 1 is 1.07 bits per heavy atom. The lowest BCUT2D eigenvalue weighted by molar-refractivity contribution is -0.0588. The van der Waals surface area contributed by atoms with E-state index in [2.05, 4.69) is 29.2 Å². The van der Waals surface area contributed by atoms with Crippen LogP contribution in [0.4, 0.5) is 0 Å². The number of benzene rings is 2. The highest BCUT2D eigenvalue weighted by atomic mass is 16.5. The van der Waals surface area contributed by atoms with Crippen molar-refractivity contribution in [2.24, 2.45) is 0 Å². The molecule has 4 heteroatoms. The Balaban J connectivity index is 1.22. The van der Waals surface area contributed by atoms with Gasteiger partial charge >= 0.3 is 0 Å². The van der Waals surface area contributed by atoms with Crippen LogP contribution in [0.2, 0.25) is 0 Å². The monoisotopic (exact) mass is 407 g/mol. The highest BCUT2D eigenvalue weighted by Gasteiger charge is 2.43. The highest BCUT2D eigenvalue weighted by molar-refractivity contribution is 5.41. The van der Waals surface area contributed by atoms with Crippen molar-refractivity contribution in [3.05, 3.63) is 64.2 Å². The molecule has 1 fully saturated rings. The van der Waals surface area contributed by atoms with Gasteiger partial charge in [0.15, 0.2) is 0 Å². The molecule has 1 saturated heterocycles. The van der Waals surface area contributed by atoms with Gasteiger partial charge in [0.1, 0.15) is 11.4 Å². The van der Waals surface area contributed by atoms with Crippen LogP contribution in [0.3, 0.4) is 0 Å². The lowest BCUT2D eigenvalue weighted by atomic mass is 9.81. The molecule has 2 atom stereocenters. The third-order valence-electron chi connectivity index (χ3n) is 7.37. The number of fused-ring (bicyclic) bond motifs is 2. The van der Waals surface area contributed by atoms with Gasteiger partial charge in [-0.15, -0.1) is 0 Å². The van der Waals surface area contributed by atoms with Crippen molar-refractivity contribution in [3.8, 4) is 5.75 Å². The molecule has 0 unspecified atom stereocenters. The molecule has 0 radical (unpaired) electrons. The molecule has 0 bridgehead atoms. The fourth-order valence-corrected chi connectivity index (χ4v) is 5.52. The molecule has 0 amide bonds. The van der Waals surface area contributed by atoms with Crippen LogP contribution in [0.5, 0.6) is 5.75 Å². The van der Waals surface area contributed by atoms with E-state index >= 15 is 0 Å². The average Bonchev–Trinajstić information content (AvgIpc) is 2.76. The molecule has 30 heavy (non-hydrogen) atoms. The van der Waals surface area contributed by atoms with Crippen LogP contribution in [-0.4, -0.2) is 40.3 Å². The Morgan fingerprint density at radius 2 is 1.83 bits per heavy atom. The Kier molecular flexibility index (Phi) is 5.34. The van der Waals surface area contributed by atoms with Crippen LogP contribution >= 0.6 is 0 Å². The van der Waals surface area contributed by atoms with E-state index in [0.29, 0.717) is 13.0 Å². The molecule has 2 aromatic carbocycles. The number of aliphatic hydroxyl groups is 2. The second-order valence-electron chi connectivity index (χ2n) is 9.60. The summed E-state index contributed by atoms with van der Waals surface area (Å²) in [6.07, 6.45) is 6.37. The van der Waals surface area contributed by atoms with Gasteiger partial charge < -0.3 is 19.8 Å². The zero-order valence-corrected chi connectivity index (χ0v) is 17.9. The van der Waals surface area contributed by atoms with Crippen LogP contribution in [0.1, 0.15) is 72.1 Å². The Labute approximate surface area is 179 Å². The smallest absolute Gasteiger partial charge is 0.125 e. The Hall–Kier alpha value is -1.88. The molecule has 2 aromatic rings. The lowest BCUT2D eigenvalue weighted by Crippen LogP contribution is -2.51. The summed E-state index contributed by atoms with van der Waals surface area (Å²) in [4.78, 5) is 2.34. The van der Waals surface area contributed by atoms with Crippen molar-refractivity contribution in [1.82, 2.24) is 4.90 Å². The molecule has 2 aliphatic heterocycles. The maximum absolute atomic E-state index is 10.9. The highest BCUT2D eigenvalue weighted by Crippen LogP contribution is 2.44. The lowest BCUT2D eigenvalue weighted by Gasteiger charge is -2.46. The molecular weight excluding hydrogens is 374 g/mol. The van der Waals surface area contributed by atoms with E-state index in [0.717, 1.165) is 54.8 Å². The van der Waals surface area contributed by atoms with Crippen LogP contribution in [-0.2, 0) is 12.8 Å². The van der Waals surface area contributed by atoms with Crippen molar-refractivity contribution in [2.45, 2.75) is 69.7 Å². The first-order valence-corrected chi connectivity index (χ1v) is 11.5. The van der Waals surface area contributed by atoms with Gasteiger partial charge in [-0.3, -0.25) is 0 Å². The molecule has 0 aromatic heterocycles. The van der Waals surface area contributed by atoms with Gasteiger partial charge in [0.2, 0.25) is 0 Å². The second kappa shape index (κ2) is 7.99. The molecule has 1 aliphatic carbocycles. The molecule has 2 N–H and O–H groups in total. The topological polar surface area (TPSA) is 52.9 Å². The summed E-state index contributed by atoms with van der Waals surface area (Å²) in [5.74, 6) is 0.835. The summed E-state index contributed by atoms with van der Waals surface area (Å²) < 4.78 is 6.44. The number of piperidine rings is 1. The van der Waals surface area contributed by atoms with Gasteiger partial charge in [-0.1, -0.05) is 29.8 Å². The zero-order chi connectivity index (χ0) is 20.7. The maximum Gasteiger partial charge on any atom is 0.125 e. The molecule has 5 rings (SSSR count). The fourth-order valence-electron chi connectivity index (χ4n) is 5.52. The third kappa shape index (κ3) is 3.89. The number of rotatable bonds is 3. The first-order valence-electron chi connectivity index (χ1n) is 11.5. The summed E-state index contributed by atoms with van der Waals surface area (Å²) in [7, 11) is 0. The van der Waals surface area contributed by atoms with Gasteiger partial charge in [0.25, 0.3) is 0 Å². The van der Waals surface area contributed by atoms with Crippen molar-refractivity contribution < 1.29 is 14.9 Å². The van der Waals surface area contributed by atoms with Crippen molar-refractivity contribution in [2.75, 3.05) is 19.6 Å². The zero-order valence-electron chi connectivity index (χ0n) is 17.9. The predicted octanol–water partition coefficient (Wildman–Crippen LogP) is 4.26. The molecular formula is C26H33NO3. The van der Waals surface area contributed by atoms with E-state index in [-0.39, 0.29) is 5.60 Å². The SMILES string of the molecule is Cc1ccc2c(c1)[C@H](O)CC1(CCN(C[C@@H](O)c3ccc4c(c3)CCCC4)CC1)O2. The number of hydrogen-bond donors (Lipinski definition) is 2. The van der Waals surface area contributed by atoms with Gasteiger partial charge in [0.05, 0.1) is 12.2 Å². The Morgan fingerprint density at radius 3 is 2.63 bits per heavy atom. The molecule has 160 valence electrons. The van der Waals surface area contributed by atoms with Gasteiger partial charge in [-0.05, 0) is 74.3 Å². The first-order chi connectivity index (χ1) is 14.5. The number of β-amino-alcohol motifs (C(OH)–C–C–N with tert-alkyl or cyclic N) is 1. The van der Waals surface area contributed by atoms with Crippen molar-refractivity contribution in [1.29, 1.82) is 0 Å².